The fourth-order valence-corrected chi connectivity index (χ4v) is 1.12. The van der Waals surface area contributed by atoms with E-state index in [0.717, 1.165) is 0 Å². The van der Waals surface area contributed by atoms with Gasteiger partial charge in [0.1, 0.15) is 5.76 Å². The smallest absolute Gasteiger partial charge is 0.332 e. The Balaban J connectivity index is 3.02. The van der Waals surface area contributed by atoms with Gasteiger partial charge in [0.25, 0.3) is 0 Å². The summed E-state index contributed by atoms with van der Waals surface area (Å²) < 4.78 is 0.676. The van der Waals surface area contributed by atoms with Gasteiger partial charge < -0.3 is 10.2 Å². The van der Waals surface area contributed by atoms with Crippen LogP contribution in [-0.2, 0) is 4.79 Å². The minimum absolute atomic E-state index is 0.318. The number of aromatic nitrogens is 1. The Morgan fingerprint density at radius 1 is 1.46 bits per heavy atom. The van der Waals surface area contributed by atoms with Crippen LogP contribution in [0.2, 0.25) is 0 Å². The average Bonchev–Trinajstić information content (AvgIpc) is 2.03. The summed E-state index contributed by atoms with van der Waals surface area (Å²) >= 11 is 3.15. The fraction of sp³-hybridized carbons (Fsp3) is 0. The number of pyridine rings is 1. The van der Waals surface area contributed by atoms with Crippen LogP contribution in [0.4, 0.5) is 0 Å². The summed E-state index contributed by atoms with van der Waals surface area (Å²) in [6.07, 6.45) is 3.63. The maximum absolute atomic E-state index is 10.2. The third-order valence-electron chi connectivity index (χ3n) is 1.26. The van der Waals surface area contributed by atoms with E-state index in [-0.39, 0.29) is 5.76 Å². The minimum Gasteiger partial charge on any atom is -0.507 e. The van der Waals surface area contributed by atoms with Crippen LogP contribution in [0.5, 0.6) is 0 Å². The highest BCUT2D eigenvalue weighted by Crippen LogP contribution is 2.15. The van der Waals surface area contributed by atoms with Crippen molar-refractivity contribution in [1.82, 2.24) is 4.98 Å². The van der Waals surface area contributed by atoms with E-state index < -0.39 is 5.97 Å². The third-order valence-corrected chi connectivity index (χ3v) is 1.69. The molecule has 0 unspecified atom stereocenters. The molecule has 1 heterocycles. The van der Waals surface area contributed by atoms with E-state index >= 15 is 0 Å². The molecular weight excluding hydrogens is 238 g/mol. The molecule has 0 aliphatic carbocycles. The summed E-state index contributed by atoms with van der Waals surface area (Å²) in [5, 5.41) is 17.6. The topological polar surface area (TPSA) is 70.4 Å². The average molecular weight is 244 g/mol. The van der Waals surface area contributed by atoms with Crippen LogP contribution in [0, 0.1) is 0 Å². The molecule has 4 nitrogen and oxygen atoms in total. The number of aliphatic hydroxyl groups is 1. The van der Waals surface area contributed by atoms with E-state index in [1.807, 2.05) is 0 Å². The molecule has 0 aliphatic rings. The van der Waals surface area contributed by atoms with Crippen molar-refractivity contribution in [2.45, 2.75) is 0 Å². The number of halogens is 1. The fourth-order valence-electron chi connectivity index (χ4n) is 0.752. The second-order valence-electron chi connectivity index (χ2n) is 2.26. The molecular formula is C8H6BrNO3. The molecule has 0 radical (unpaired) electrons. The molecule has 1 rings (SSSR count). The van der Waals surface area contributed by atoms with Crippen molar-refractivity contribution in [2.24, 2.45) is 0 Å². The lowest BCUT2D eigenvalue weighted by molar-refractivity contribution is -0.131. The monoisotopic (exact) mass is 243 g/mol. The number of aliphatic carboxylic acids is 1. The Morgan fingerprint density at radius 2 is 2.15 bits per heavy atom. The second-order valence-corrected chi connectivity index (χ2v) is 3.18. The molecule has 0 atom stereocenters. The highest BCUT2D eigenvalue weighted by molar-refractivity contribution is 9.10. The molecule has 0 bridgehead atoms. The van der Waals surface area contributed by atoms with E-state index in [0.29, 0.717) is 16.1 Å². The molecule has 1 aromatic rings. The van der Waals surface area contributed by atoms with Crippen molar-refractivity contribution in [3.8, 4) is 0 Å². The van der Waals surface area contributed by atoms with Gasteiger partial charge in [-0.25, -0.2) is 4.79 Å². The number of aliphatic hydroxyl groups excluding tert-OH is 1. The Bertz CT molecular complexity index is 362. The van der Waals surface area contributed by atoms with E-state index in [1.165, 1.54) is 12.4 Å². The molecule has 0 aromatic carbocycles. The molecule has 0 saturated heterocycles. The highest BCUT2D eigenvalue weighted by atomic mass is 79.9. The Labute approximate surface area is 82.7 Å². The number of carbonyl (C=O) groups is 1. The van der Waals surface area contributed by atoms with Crippen molar-refractivity contribution in [2.75, 3.05) is 0 Å². The van der Waals surface area contributed by atoms with Crippen LogP contribution in [0.3, 0.4) is 0 Å². The van der Waals surface area contributed by atoms with Crippen LogP contribution in [0.1, 0.15) is 5.56 Å². The standard InChI is InChI=1S/C8H6BrNO3/c9-6-1-5(3-10-4-6)7(11)2-8(12)13/h1-4,11H,(H,12,13)/b7-2-. The summed E-state index contributed by atoms with van der Waals surface area (Å²) in [6, 6.07) is 1.57. The van der Waals surface area contributed by atoms with E-state index in [9.17, 15) is 9.90 Å². The number of carboxylic acid groups (broad SMARTS) is 1. The zero-order valence-corrected chi connectivity index (χ0v) is 8.02. The SMILES string of the molecule is O=C(O)/C=C(\O)c1cncc(Br)c1. The van der Waals surface area contributed by atoms with Crippen molar-refractivity contribution in [1.29, 1.82) is 0 Å². The molecule has 68 valence electrons. The lowest BCUT2D eigenvalue weighted by Gasteiger charge is -1.98. The second kappa shape index (κ2) is 4.04. The molecule has 2 N–H and O–H groups in total. The van der Waals surface area contributed by atoms with Crippen molar-refractivity contribution in [3.63, 3.8) is 0 Å². The summed E-state index contributed by atoms with van der Waals surface area (Å²) in [4.78, 5) is 14.0. The normalized spacial score (nSPS) is 11.3. The maximum Gasteiger partial charge on any atom is 0.332 e. The maximum atomic E-state index is 10.2. The van der Waals surface area contributed by atoms with Gasteiger partial charge in [0.2, 0.25) is 0 Å². The van der Waals surface area contributed by atoms with Crippen molar-refractivity contribution < 1.29 is 15.0 Å². The van der Waals surface area contributed by atoms with Gasteiger partial charge in [-0.3, -0.25) is 4.98 Å². The Morgan fingerprint density at radius 3 is 2.69 bits per heavy atom. The predicted octanol–water partition coefficient (Wildman–Crippen LogP) is 1.83. The van der Waals surface area contributed by atoms with Crippen molar-refractivity contribution >= 4 is 27.7 Å². The number of hydrogen-bond acceptors (Lipinski definition) is 3. The first-order chi connectivity index (χ1) is 6.09. The molecule has 13 heavy (non-hydrogen) atoms. The van der Waals surface area contributed by atoms with Crippen LogP contribution in [0.25, 0.3) is 5.76 Å². The van der Waals surface area contributed by atoms with Crippen LogP contribution >= 0.6 is 15.9 Å². The first-order valence-corrected chi connectivity index (χ1v) is 4.13. The molecule has 0 saturated carbocycles. The summed E-state index contributed by atoms with van der Waals surface area (Å²) in [6.45, 7) is 0. The lowest BCUT2D eigenvalue weighted by atomic mass is 10.2. The lowest BCUT2D eigenvalue weighted by Crippen LogP contribution is -1.92. The Kier molecular flexibility index (Phi) is 3.02. The molecule has 1 aromatic heterocycles. The van der Waals surface area contributed by atoms with E-state index in [2.05, 4.69) is 20.9 Å². The first kappa shape index (κ1) is 9.73. The third kappa shape index (κ3) is 2.87. The van der Waals surface area contributed by atoms with Crippen LogP contribution < -0.4 is 0 Å². The van der Waals surface area contributed by atoms with E-state index in [4.69, 9.17) is 5.11 Å². The van der Waals surface area contributed by atoms with Gasteiger partial charge in [-0.1, -0.05) is 0 Å². The Hall–Kier alpha value is -1.36. The quantitative estimate of drug-likeness (QED) is 0.615. The van der Waals surface area contributed by atoms with Gasteiger partial charge in [0, 0.05) is 22.4 Å². The molecule has 0 spiro atoms. The largest absolute Gasteiger partial charge is 0.507 e. The zero-order chi connectivity index (χ0) is 9.84. The van der Waals surface area contributed by atoms with Gasteiger partial charge in [-0.05, 0) is 22.0 Å². The molecule has 0 fully saturated rings. The minimum atomic E-state index is -1.20. The van der Waals surface area contributed by atoms with E-state index in [1.54, 1.807) is 6.07 Å². The predicted molar refractivity (Wildman–Crippen MR) is 50.2 cm³/mol. The van der Waals surface area contributed by atoms with Crippen molar-refractivity contribution in [3.05, 3.63) is 34.6 Å². The van der Waals surface area contributed by atoms with Gasteiger partial charge in [0.05, 0.1) is 6.08 Å². The van der Waals surface area contributed by atoms with Gasteiger partial charge >= 0.3 is 5.97 Å². The number of nitrogens with zero attached hydrogens (tertiary/aromatic N) is 1. The molecule has 5 heteroatoms. The summed E-state index contributed by atoms with van der Waals surface area (Å²) in [5.74, 6) is -1.52. The number of carboxylic acids is 1. The van der Waals surface area contributed by atoms with Gasteiger partial charge in [-0.15, -0.1) is 0 Å². The van der Waals surface area contributed by atoms with Crippen LogP contribution in [-0.4, -0.2) is 21.2 Å². The summed E-state index contributed by atoms with van der Waals surface area (Å²) in [5.41, 5.74) is 0.358. The summed E-state index contributed by atoms with van der Waals surface area (Å²) in [7, 11) is 0. The highest BCUT2D eigenvalue weighted by Gasteiger charge is 2.02. The van der Waals surface area contributed by atoms with Crippen LogP contribution in [0.15, 0.2) is 29.0 Å². The zero-order valence-electron chi connectivity index (χ0n) is 6.44. The van der Waals surface area contributed by atoms with Gasteiger partial charge in [-0.2, -0.15) is 0 Å². The van der Waals surface area contributed by atoms with Gasteiger partial charge in [0.15, 0.2) is 0 Å². The first-order valence-electron chi connectivity index (χ1n) is 3.34. The molecule has 0 amide bonds. The number of hydrogen-bond donors (Lipinski definition) is 2. The molecule has 0 aliphatic heterocycles. The number of rotatable bonds is 2.